The van der Waals surface area contributed by atoms with E-state index in [4.69, 9.17) is 5.84 Å². The lowest BCUT2D eigenvalue weighted by molar-refractivity contribution is -0.128. The fourth-order valence-corrected chi connectivity index (χ4v) is 3.25. The summed E-state index contributed by atoms with van der Waals surface area (Å²) in [5, 5.41) is 3.33. The van der Waals surface area contributed by atoms with Crippen LogP contribution in [0.5, 0.6) is 0 Å². The summed E-state index contributed by atoms with van der Waals surface area (Å²) in [6.45, 7) is 0. The number of amides is 2. The van der Waals surface area contributed by atoms with Crippen LogP contribution in [0.3, 0.4) is 0 Å². The third kappa shape index (κ3) is 3.87. The predicted molar refractivity (Wildman–Crippen MR) is 91.1 cm³/mol. The maximum Gasteiger partial charge on any atom is 0.280 e. The van der Waals surface area contributed by atoms with Crippen molar-refractivity contribution in [3.05, 3.63) is 41.5 Å². The summed E-state index contributed by atoms with van der Waals surface area (Å²) >= 11 is 1.36. The Morgan fingerprint density at radius 3 is 2.57 bits per heavy atom. The summed E-state index contributed by atoms with van der Waals surface area (Å²) in [5.41, 5.74) is 3.18. The van der Waals surface area contributed by atoms with Crippen molar-refractivity contribution < 1.29 is 9.59 Å². The molecule has 1 heterocycles. The third-order valence-corrected chi connectivity index (χ3v) is 4.79. The van der Waals surface area contributed by atoms with E-state index in [0.29, 0.717) is 17.8 Å². The van der Waals surface area contributed by atoms with Crippen molar-refractivity contribution in [2.45, 2.75) is 18.9 Å². The Morgan fingerprint density at radius 1 is 1.22 bits per heavy atom. The Kier molecular flexibility index (Phi) is 5.70. The third-order valence-electron chi connectivity index (χ3n) is 3.74. The number of hydrazine groups is 1. The van der Waals surface area contributed by atoms with Gasteiger partial charge >= 0.3 is 0 Å². The lowest BCUT2D eigenvalue weighted by Crippen LogP contribution is -2.50. The van der Waals surface area contributed by atoms with Gasteiger partial charge in [-0.05, 0) is 18.4 Å². The molecule has 0 unspecified atom stereocenters. The van der Waals surface area contributed by atoms with E-state index >= 15 is 0 Å². The summed E-state index contributed by atoms with van der Waals surface area (Å²) in [7, 11) is 0. The molecule has 0 bridgehead atoms. The highest BCUT2D eigenvalue weighted by Crippen LogP contribution is 2.29. The summed E-state index contributed by atoms with van der Waals surface area (Å²) in [6.07, 6.45) is 2.94. The Balaban J connectivity index is 0.00000192. The first-order valence-electron chi connectivity index (χ1n) is 7.00. The molecule has 4 N–H and O–H groups in total. The number of aromatic nitrogens is 1. The molecule has 0 aliphatic heterocycles. The molecule has 8 heteroatoms. The second-order valence-electron chi connectivity index (χ2n) is 5.24. The van der Waals surface area contributed by atoms with Crippen molar-refractivity contribution in [1.29, 1.82) is 0 Å². The van der Waals surface area contributed by atoms with E-state index in [9.17, 15) is 9.59 Å². The van der Waals surface area contributed by atoms with Crippen LogP contribution >= 0.6 is 23.7 Å². The molecule has 1 aromatic carbocycles. The number of carbonyl (C=O) groups excluding carboxylic acids is 2. The van der Waals surface area contributed by atoms with Crippen molar-refractivity contribution in [2.24, 2.45) is 11.8 Å². The van der Waals surface area contributed by atoms with E-state index in [-0.39, 0.29) is 36.2 Å². The van der Waals surface area contributed by atoms with Gasteiger partial charge < -0.3 is 5.32 Å². The molecule has 2 amide bonds. The average Bonchev–Trinajstić information content (AvgIpc) is 3.00. The van der Waals surface area contributed by atoms with Gasteiger partial charge in [0.1, 0.15) is 0 Å². The molecule has 122 valence electrons. The minimum Gasteiger partial charge on any atom is -0.347 e. The molecule has 0 spiro atoms. The normalized spacial score (nSPS) is 19.2. The molecule has 2 aromatic rings. The van der Waals surface area contributed by atoms with Crippen molar-refractivity contribution in [3.63, 3.8) is 0 Å². The average molecular weight is 353 g/mol. The van der Waals surface area contributed by atoms with Gasteiger partial charge in [0.2, 0.25) is 5.91 Å². The van der Waals surface area contributed by atoms with Crippen LogP contribution in [0.2, 0.25) is 0 Å². The number of nitrogens with zero attached hydrogens (tertiary/aromatic N) is 1. The summed E-state index contributed by atoms with van der Waals surface area (Å²) in [6, 6.07) is 9.83. The summed E-state index contributed by atoms with van der Waals surface area (Å²) < 4.78 is 0. The van der Waals surface area contributed by atoms with Crippen LogP contribution in [0, 0.1) is 5.92 Å². The Labute approximate surface area is 143 Å². The fraction of sp³-hybridized carbons (Fsp3) is 0.267. The Morgan fingerprint density at radius 2 is 1.91 bits per heavy atom. The largest absolute Gasteiger partial charge is 0.347 e. The lowest BCUT2D eigenvalue weighted by atomic mass is 9.80. The number of rotatable bonds is 4. The van der Waals surface area contributed by atoms with Gasteiger partial charge in [-0.1, -0.05) is 30.3 Å². The predicted octanol–water partition coefficient (Wildman–Crippen LogP) is 1.73. The van der Waals surface area contributed by atoms with Crippen LogP contribution in [0.4, 0.5) is 0 Å². The molecule has 1 saturated carbocycles. The van der Waals surface area contributed by atoms with Gasteiger partial charge in [-0.2, -0.15) is 0 Å². The molecular weight excluding hydrogens is 336 g/mol. The number of benzene rings is 1. The molecule has 23 heavy (non-hydrogen) atoms. The first-order valence-corrected chi connectivity index (χ1v) is 7.81. The van der Waals surface area contributed by atoms with Crippen molar-refractivity contribution in [1.82, 2.24) is 15.7 Å². The molecule has 0 atom stereocenters. The molecule has 0 radical (unpaired) electrons. The molecule has 1 fully saturated rings. The number of nitrogens with two attached hydrogens (primary N) is 1. The zero-order chi connectivity index (χ0) is 15.5. The number of carbonyl (C=O) groups is 2. The van der Waals surface area contributed by atoms with Crippen molar-refractivity contribution in [2.75, 3.05) is 0 Å². The van der Waals surface area contributed by atoms with Crippen LogP contribution in [0.25, 0.3) is 10.4 Å². The monoisotopic (exact) mass is 352 g/mol. The smallest absolute Gasteiger partial charge is 0.280 e. The standard InChI is InChI=1S/C15H16N4O2S.ClH/c16-19-13(20)10-6-11(7-10)18-14(21)15-17-8-12(22-15)9-4-2-1-3-5-9;/h1-5,8,10-11H,6-7,16H2,(H,18,21)(H,19,20);1H/t10-,11-;. The molecule has 1 aromatic heterocycles. The van der Waals surface area contributed by atoms with Crippen LogP contribution in [-0.4, -0.2) is 22.8 Å². The maximum atomic E-state index is 12.2. The highest BCUT2D eigenvalue weighted by Gasteiger charge is 2.35. The van der Waals surface area contributed by atoms with Gasteiger partial charge in [-0.15, -0.1) is 23.7 Å². The summed E-state index contributed by atoms with van der Waals surface area (Å²) in [5.74, 6) is 4.61. The SMILES string of the molecule is Cl.NNC(=O)[C@H]1C[C@H](NC(=O)c2ncc(-c3ccccc3)s2)C1. The van der Waals surface area contributed by atoms with E-state index < -0.39 is 0 Å². The van der Waals surface area contributed by atoms with Crippen LogP contribution < -0.4 is 16.6 Å². The Hall–Kier alpha value is -1.96. The topological polar surface area (TPSA) is 97.1 Å². The first-order chi connectivity index (χ1) is 10.7. The second-order valence-corrected chi connectivity index (χ2v) is 6.27. The van der Waals surface area contributed by atoms with Crippen molar-refractivity contribution in [3.8, 4) is 10.4 Å². The highest BCUT2D eigenvalue weighted by atomic mass is 35.5. The molecule has 6 nitrogen and oxygen atoms in total. The zero-order valence-electron chi connectivity index (χ0n) is 12.2. The van der Waals surface area contributed by atoms with E-state index in [2.05, 4.69) is 15.7 Å². The number of halogens is 1. The number of hydrogen-bond acceptors (Lipinski definition) is 5. The minimum atomic E-state index is -0.191. The number of nitrogens with one attached hydrogen (secondary N) is 2. The van der Waals surface area contributed by atoms with Gasteiger partial charge in [0.25, 0.3) is 5.91 Å². The lowest BCUT2D eigenvalue weighted by Gasteiger charge is -2.33. The number of hydrogen-bond donors (Lipinski definition) is 3. The van der Waals surface area contributed by atoms with Crippen LogP contribution in [0.1, 0.15) is 22.6 Å². The van der Waals surface area contributed by atoms with Crippen LogP contribution in [-0.2, 0) is 4.79 Å². The highest BCUT2D eigenvalue weighted by molar-refractivity contribution is 7.16. The van der Waals surface area contributed by atoms with Crippen LogP contribution in [0.15, 0.2) is 36.5 Å². The maximum absolute atomic E-state index is 12.2. The molecule has 0 saturated heterocycles. The second kappa shape index (κ2) is 7.54. The fourth-order valence-electron chi connectivity index (χ4n) is 2.43. The minimum absolute atomic E-state index is 0. The summed E-state index contributed by atoms with van der Waals surface area (Å²) in [4.78, 5) is 28.6. The van der Waals surface area contributed by atoms with E-state index in [1.54, 1.807) is 6.20 Å². The van der Waals surface area contributed by atoms with Gasteiger partial charge in [-0.3, -0.25) is 15.0 Å². The van der Waals surface area contributed by atoms with E-state index in [1.807, 2.05) is 30.3 Å². The first kappa shape index (κ1) is 17.4. The molecule has 3 rings (SSSR count). The zero-order valence-corrected chi connectivity index (χ0v) is 13.8. The van der Waals surface area contributed by atoms with Crippen molar-refractivity contribution >= 4 is 35.6 Å². The molecule has 1 aliphatic rings. The number of thiazole rings is 1. The van der Waals surface area contributed by atoms with E-state index in [0.717, 1.165) is 10.4 Å². The molecular formula is C15H17ClN4O2S. The van der Waals surface area contributed by atoms with Gasteiger partial charge in [-0.25, -0.2) is 10.8 Å². The molecule has 1 aliphatic carbocycles. The van der Waals surface area contributed by atoms with Gasteiger partial charge in [0.05, 0.1) is 4.88 Å². The van der Waals surface area contributed by atoms with Gasteiger partial charge in [0.15, 0.2) is 5.01 Å². The Bertz CT molecular complexity index is 686. The quantitative estimate of drug-likeness (QED) is 0.443. The van der Waals surface area contributed by atoms with Gasteiger partial charge in [0, 0.05) is 18.2 Å². The van der Waals surface area contributed by atoms with E-state index in [1.165, 1.54) is 11.3 Å².